The summed E-state index contributed by atoms with van der Waals surface area (Å²) in [5, 5.41) is 0. The van der Waals surface area contributed by atoms with Crippen molar-refractivity contribution in [2.45, 2.75) is 17.6 Å². The fraction of sp³-hybridized carbons (Fsp3) is 0.250. The lowest BCUT2D eigenvalue weighted by molar-refractivity contribution is 0.397. The van der Waals surface area contributed by atoms with Crippen molar-refractivity contribution in [1.29, 1.82) is 0 Å². The van der Waals surface area contributed by atoms with Gasteiger partial charge in [-0.25, -0.2) is 4.98 Å². The predicted octanol–water partition coefficient (Wildman–Crippen LogP) is 2.30. The highest BCUT2D eigenvalue weighted by molar-refractivity contribution is 7.84. The number of nitrogens with zero attached hydrogens (tertiary/aromatic N) is 1. The molecule has 0 N–H and O–H groups in total. The van der Waals surface area contributed by atoms with E-state index in [0.29, 0.717) is 17.4 Å². The van der Waals surface area contributed by atoms with Crippen LogP contribution < -0.4 is 4.74 Å². The van der Waals surface area contributed by atoms with Gasteiger partial charge in [0.2, 0.25) is 5.88 Å². The molecule has 0 unspecified atom stereocenters. The number of aryl methyl sites for hydroxylation is 1. The van der Waals surface area contributed by atoms with E-state index in [4.69, 9.17) is 9.15 Å². The first-order valence-electron chi connectivity index (χ1n) is 5.13. The Bertz CT molecular complexity index is 536. The summed E-state index contributed by atoms with van der Waals surface area (Å²) in [6.07, 6.45) is 1.54. The molecule has 0 radical (unpaired) electrons. The summed E-state index contributed by atoms with van der Waals surface area (Å²) in [5.74, 6) is 1.58. The Balaban J connectivity index is 2.16. The molecule has 0 aliphatic carbocycles. The molecule has 0 bridgehead atoms. The van der Waals surface area contributed by atoms with Crippen LogP contribution in [0.15, 0.2) is 39.8 Å². The number of aromatic nitrogens is 1. The summed E-state index contributed by atoms with van der Waals surface area (Å²) in [7, 11) is 0.422. The molecule has 2 aromatic rings. The topological polar surface area (TPSA) is 52.3 Å². The number of rotatable bonds is 4. The van der Waals surface area contributed by atoms with Gasteiger partial charge in [0, 0.05) is 6.07 Å². The van der Waals surface area contributed by atoms with Gasteiger partial charge in [0.05, 0.1) is 40.5 Å². The van der Waals surface area contributed by atoms with Crippen molar-refractivity contribution in [3.63, 3.8) is 0 Å². The number of pyridine rings is 1. The molecule has 0 amide bonds. The van der Waals surface area contributed by atoms with E-state index < -0.39 is 10.8 Å². The lowest BCUT2D eigenvalue weighted by Gasteiger charge is -2.03. The van der Waals surface area contributed by atoms with Gasteiger partial charge in [-0.1, -0.05) is 6.07 Å². The summed E-state index contributed by atoms with van der Waals surface area (Å²) in [6, 6.07) is 7.15. The third-order valence-electron chi connectivity index (χ3n) is 2.33. The van der Waals surface area contributed by atoms with E-state index >= 15 is 0 Å². The zero-order valence-electron chi connectivity index (χ0n) is 9.67. The molecule has 0 aromatic carbocycles. The summed E-state index contributed by atoms with van der Waals surface area (Å²) in [4.78, 5) is 4.94. The second kappa shape index (κ2) is 5.14. The van der Waals surface area contributed by atoms with Gasteiger partial charge in [-0.3, -0.25) is 4.21 Å². The molecule has 0 spiro atoms. The lowest BCUT2D eigenvalue weighted by Crippen LogP contribution is -2.00. The molecule has 2 heterocycles. The van der Waals surface area contributed by atoms with Gasteiger partial charge in [-0.05, 0) is 19.1 Å². The summed E-state index contributed by atoms with van der Waals surface area (Å²) < 4.78 is 22.2. The van der Waals surface area contributed by atoms with E-state index in [1.54, 1.807) is 32.4 Å². The first-order chi connectivity index (χ1) is 8.20. The number of methoxy groups -OCH3 is 1. The third kappa shape index (κ3) is 2.74. The fourth-order valence-corrected chi connectivity index (χ4v) is 2.63. The second-order valence-electron chi connectivity index (χ2n) is 3.50. The van der Waals surface area contributed by atoms with Crippen LogP contribution in [0, 0.1) is 6.92 Å². The standard InChI is InChI=1S/C12H13NO3S/c1-9-11(6-7-16-9)17(14)8-10-4-3-5-12(13-10)15-2/h3-7H,8H2,1-2H3/t17-/m0/s1. The smallest absolute Gasteiger partial charge is 0.213 e. The largest absolute Gasteiger partial charge is 0.481 e. The molecule has 5 heteroatoms. The second-order valence-corrected chi connectivity index (χ2v) is 4.92. The van der Waals surface area contributed by atoms with Crippen LogP contribution in [0.3, 0.4) is 0 Å². The number of hydrogen-bond acceptors (Lipinski definition) is 4. The van der Waals surface area contributed by atoms with Crippen LogP contribution in [0.4, 0.5) is 0 Å². The summed E-state index contributed by atoms with van der Waals surface area (Å²) >= 11 is 0. The van der Waals surface area contributed by atoms with E-state index in [1.807, 2.05) is 12.1 Å². The minimum absolute atomic E-state index is 0.359. The van der Waals surface area contributed by atoms with Crippen LogP contribution in [-0.2, 0) is 16.6 Å². The highest BCUT2D eigenvalue weighted by atomic mass is 32.2. The Morgan fingerprint density at radius 3 is 2.88 bits per heavy atom. The zero-order valence-corrected chi connectivity index (χ0v) is 10.5. The highest BCUT2D eigenvalue weighted by Gasteiger charge is 2.11. The zero-order chi connectivity index (χ0) is 12.3. The van der Waals surface area contributed by atoms with Crippen LogP contribution in [0.2, 0.25) is 0 Å². The van der Waals surface area contributed by atoms with Gasteiger partial charge in [0.1, 0.15) is 5.76 Å². The van der Waals surface area contributed by atoms with Gasteiger partial charge in [-0.2, -0.15) is 0 Å². The van der Waals surface area contributed by atoms with E-state index in [2.05, 4.69) is 4.98 Å². The van der Waals surface area contributed by atoms with Crippen LogP contribution in [0.25, 0.3) is 0 Å². The first-order valence-corrected chi connectivity index (χ1v) is 6.45. The number of furan rings is 1. The van der Waals surface area contributed by atoms with Crippen molar-refractivity contribution in [2.24, 2.45) is 0 Å². The normalized spacial score (nSPS) is 12.4. The van der Waals surface area contributed by atoms with Crippen LogP contribution in [0.1, 0.15) is 11.5 Å². The van der Waals surface area contributed by atoms with Gasteiger partial charge in [-0.15, -0.1) is 0 Å². The SMILES string of the molecule is COc1cccc(C[S@](=O)c2ccoc2C)n1. The van der Waals surface area contributed by atoms with Crippen molar-refractivity contribution in [2.75, 3.05) is 7.11 Å². The molecule has 90 valence electrons. The molecule has 17 heavy (non-hydrogen) atoms. The molecule has 0 fully saturated rings. The molecule has 0 saturated heterocycles. The fourth-order valence-electron chi connectivity index (χ4n) is 1.47. The molecule has 1 atom stereocenters. The Labute approximate surface area is 102 Å². The third-order valence-corrected chi connectivity index (χ3v) is 3.80. The molecular weight excluding hydrogens is 238 g/mol. The van der Waals surface area contributed by atoms with E-state index in [9.17, 15) is 4.21 Å². The lowest BCUT2D eigenvalue weighted by atomic mass is 10.4. The summed E-state index contributed by atoms with van der Waals surface area (Å²) in [5.41, 5.74) is 0.739. The van der Waals surface area contributed by atoms with Crippen LogP contribution in [0.5, 0.6) is 5.88 Å². The van der Waals surface area contributed by atoms with E-state index in [1.165, 1.54) is 0 Å². The van der Waals surface area contributed by atoms with Crippen molar-refractivity contribution in [3.05, 3.63) is 42.0 Å². The first kappa shape index (κ1) is 11.9. The molecule has 2 aromatic heterocycles. The maximum absolute atomic E-state index is 12.1. The van der Waals surface area contributed by atoms with Gasteiger partial charge >= 0.3 is 0 Å². The van der Waals surface area contributed by atoms with Gasteiger partial charge in [0.25, 0.3) is 0 Å². The number of hydrogen-bond donors (Lipinski definition) is 0. The average molecular weight is 251 g/mol. The van der Waals surface area contributed by atoms with Gasteiger partial charge in [0.15, 0.2) is 0 Å². The Morgan fingerprint density at radius 2 is 2.24 bits per heavy atom. The minimum Gasteiger partial charge on any atom is -0.481 e. The molecule has 0 saturated carbocycles. The van der Waals surface area contributed by atoms with Crippen LogP contribution in [-0.4, -0.2) is 16.3 Å². The Morgan fingerprint density at radius 1 is 1.41 bits per heavy atom. The van der Waals surface area contributed by atoms with Crippen molar-refractivity contribution in [1.82, 2.24) is 4.98 Å². The Kier molecular flexibility index (Phi) is 3.58. The maximum atomic E-state index is 12.1. The van der Waals surface area contributed by atoms with Crippen molar-refractivity contribution in [3.8, 4) is 5.88 Å². The van der Waals surface area contributed by atoms with E-state index in [-0.39, 0.29) is 0 Å². The highest BCUT2D eigenvalue weighted by Crippen LogP contribution is 2.17. The van der Waals surface area contributed by atoms with E-state index in [0.717, 1.165) is 10.6 Å². The predicted molar refractivity (Wildman–Crippen MR) is 64.3 cm³/mol. The molecule has 0 aliphatic heterocycles. The molecule has 4 nitrogen and oxygen atoms in total. The molecule has 0 aliphatic rings. The van der Waals surface area contributed by atoms with Crippen LogP contribution >= 0.6 is 0 Å². The maximum Gasteiger partial charge on any atom is 0.213 e. The van der Waals surface area contributed by atoms with Gasteiger partial charge < -0.3 is 9.15 Å². The average Bonchev–Trinajstić information content (AvgIpc) is 2.76. The Hall–Kier alpha value is -1.62. The molecule has 2 rings (SSSR count). The minimum atomic E-state index is -1.14. The number of ether oxygens (including phenoxy) is 1. The molecular formula is C12H13NO3S. The monoisotopic (exact) mass is 251 g/mol. The quantitative estimate of drug-likeness (QED) is 0.836. The summed E-state index contributed by atoms with van der Waals surface area (Å²) in [6.45, 7) is 1.80. The van der Waals surface area contributed by atoms with Crippen molar-refractivity contribution < 1.29 is 13.4 Å². The van der Waals surface area contributed by atoms with Crippen molar-refractivity contribution >= 4 is 10.8 Å².